The molecule has 2 N–H and O–H groups in total. The van der Waals surface area contributed by atoms with E-state index in [1.807, 2.05) is 45.9 Å². The number of hydrazine groups is 1. The van der Waals surface area contributed by atoms with E-state index in [4.69, 9.17) is 14.2 Å². The molecule has 2 aromatic rings. The molecule has 0 aliphatic carbocycles. The van der Waals surface area contributed by atoms with E-state index in [1.54, 1.807) is 18.2 Å². The topological polar surface area (TPSA) is 85.9 Å². The van der Waals surface area contributed by atoms with Gasteiger partial charge in [0.2, 0.25) is 0 Å². The van der Waals surface area contributed by atoms with Crippen LogP contribution in [0.3, 0.4) is 0 Å². The molecular weight excluding hydrogens is 360 g/mol. The van der Waals surface area contributed by atoms with Crippen LogP contribution in [0.15, 0.2) is 36.4 Å². The number of nitrogens with one attached hydrogen (secondary N) is 2. The Kier molecular flexibility index (Phi) is 7.26. The minimum Gasteiger partial charge on any atom is -0.493 e. The highest BCUT2D eigenvalue weighted by atomic mass is 16.5. The Hall–Kier alpha value is -3.22. The molecule has 0 fully saturated rings. The summed E-state index contributed by atoms with van der Waals surface area (Å²) in [5.74, 6) is 0.693. The third-order valence-electron chi connectivity index (χ3n) is 3.86. The van der Waals surface area contributed by atoms with Crippen LogP contribution in [0.4, 0.5) is 0 Å². The van der Waals surface area contributed by atoms with Gasteiger partial charge in [0.1, 0.15) is 5.75 Å². The van der Waals surface area contributed by atoms with Gasteiger partial charge in [-0.15, -0.1) is 0 Å². The summed E-state index contributed by atoms with van der Waals surface area (Å²) in [5.41, 5.74) is 6.90. The molecule has 28 heavy (non-hydrogen) atoms. The minimum atomic E-state index is -0.477. The summed E-state index contributed by atoms with van der Waals surface area (Å²) in [6, 6.07) is 10.5. The molecule has 0 aromatic heterocycles. The number of hydrogen-bond donors (Lipinski definition) is 2. The molecule has 0 radical (unpaired) electrons. The smallest absolute Gasteiger partial charge is 0.276 e. The Labute approximate surface area is 165 Å². The Morgan fingerprint density at radius 2 is 1.68 bits per heavy atom. The Morgan fingerprint density at radius 1 is 1.00 bits per heavy atom. The minimum absolute atomic E-state index is 0.0234. The number of aryl methyl sites for hydroxylation is 2. The molecule has 0 heterocycles. The lowest BCUT2D eigenvalue weighted by atomic mass is 10.1. The number of para-hydroxylation sites is 1. The van der Waals surface area contributed by atoms with Crippen molar-refractivity contribution < 1.29 is 23.8 Å². The number of hydrogen-bond acceptors (Lipinski definition) is 5. The average Bonchev–Trinajstić information content (AvgIpc) is 2.65. The molecule has 0 aliphatic heterocycles. The quantitative estimate of drug-likeness (QED) is 0.715. The average molecular weight is 386 g/mol. The van der Waals surface area contributed by atoms with Crippen LogP contribution >= 0.6 is 0 Å². The fraction of sp³-hybridized carbons (Fsp3) is 0.333. The van der Waals surface area contributed by atoms with Crippen LogP contribution in [0.2, 0.25) is 0 Å². The molecule has 7 heteroatoms. The summed E-state index contributed by atoms with van der Waals surface area (Å²) in [4.78, 5) is 24.2. The second-order valence-electron chi connectivity index (χ2n) is 6.54. The van der Waals surface area contributed by atoms with Gasteiger partial charge < -0.3 is 14.2 Å². The summed E-state index contributed by atoms with van der Waals surface area (Å²) < 4.78 is 16.4. The molecule has 7 nitrogen and oxygen atoms in total. The van der Waals surface area contributed by atoms with Crippen molar-refractivity contribution in [3.05, 3.63) is 53.1 Å². The number of carbonyl (C=O) groups is 2. The van der Waals surface area contributed by atoms with E-state index in [0.29, 0.717) is 22.8 Å². The van der Waals surface area contributed by atoms with Gasteiger partial charge in [0.05, 0.1) is 13.2 Å². The number of benzene rings is 2. The van der Waals surface area contributed by atoms with Crippen molar-refractivity contribution in [2.75, 3.05) is 13.7 Å². The van der Waals surface area contributed by atoms with E-state index in [-0.39, 0.29) is 12.7 Å². The standard InChI is InChI=1S/C21H26N2O5/c1-13(2)28-17-10-9-16(11-18(17)26-5)21(25)23-22-19(24)12-27-20-14(3)7-6-8-15(20)4/h6-11,13H,12H2,1-5H3,(H,22,24)(H,23,25). The number of ether oxygens (including phenoxy) is 3. The Morgan fingerprint density at radius 3 is 2.29 bits per heavy atom. The largest absolute Gasteiger partial charge is 0.493 e. The van der Waals surface area contributed by atoms with Crippen molar-refractivity contribution in [2.24, 2.45) is 0 Å². The van der Waals surface area contributed by atoms with Gasteiger partial charge in [-0.2, -0.15) is 0 Å². The first-order valence-electron chi connectivity index (χ1n) is 8.94. The second kappa shape index (κ2) is 9.64. The number of rotatable bonds is 7. The summed E-state index contributed by atoms with van der Waals surface area (Å²) >= 11 is 0. The fourth-order valence-electron chi connectivity index (χ4n) is 2.56. The highest BCUT2D eigenvalue weighted by Crippen LogP contribution is 2.29. The zero-order valence-corrected chi connectivity index (χ0v) is 16.8. The molecule has 2 aromatic carbocycles. The van der Waals surface area contributed by atoms with Gasteiger partial charge in [0.15, 0.2) is 18.1 Å². The van der Waals surface area contributed by atoms with Crippen molar-refractivity contribution in [3.63, 3.8) is 0 Å². The lowest BCUT2D eigenvalue weighted by Gasteiger charge is -2.15. The van der Waals surface area contributed by atoms with Crippen molar-refractivity contribution in [2.45, 2.75) is 33.8 Å². The van der Waals surface area contributed by atoms with Gasteiger partial charge in [0, 0.05) is 5.56 Å². The first-order valence-corrected chi connectivity index (χ1v) is 8.94. The predicted octanol–water partition coefficient (Wildman–Crippen LogP) is 2.94. The van der Waals surface area contributed by atoms with Gasteiger partial charge in [-0.25, -0.2) is 0 Å². The third kappa shape index (κ3) is 5.64. The molecule has 0 atom stereocenters. The van der Waals surface area contributed by atoms with Gasteiger partial charge in [-0.05, 0) is 57.0 Å². The molecule has 2 amide bonds. The Bertz CT molecular complexity index is 828. The van der Waals surface area contributed by atoms with Gasteiger partial charge >= 0.3 is 0 Å². The monoisotopic (exact) mass is 386 g/mol. The predicted molar refractivity (Wildman–Crippen MR) is 106 cm³/mol. The molecule has 0 unspecified atom stereocenters. The van der Waals surface area contributed by atoms with E-state index in [2.05, 4.69) is 10.9 Å². The first kappa shape index (κ1) is 21.1. The van der Waals surface area contributed by atoms with Crippen LogP contribution < -0.4 is 25.1 Å². The maximum Gasteiger partial charge on any atom is 0.276 e. The molecule has 0 aliphatic rings. The van der Waals surface area contributed by atoms with Crippen LogP contribution in [0.1, 0.15) is 35.3 Å². The molecule has 0 saturated carbocycles. The van der Waals surface area contributed by atoms with E-state index in [9.17, 15) is 9.59 Å². The van der Waals surface area contributed by atoms with Crippen LogP contribution in [0.25, 0.3) is 0 Å². The van der Waals surface area contributed by atoms with Crippen LogP contribution in [-0.2, 0) is 4.79 Å². The number of carbonyl (C=O) groups excluding carboxylic acids is 2. The first-order chi connectivity index (χ1) is 13.3. The molecule has 0 saturated heterocycles. The lowest BCUT2D eigenvalue weighted by molar-refractivity contribution is -0.123. The van der Waals surface area contributed by atoms with Crippen LogP contribution in [0.5, 0.6) is 17.2 Å². The van der Waals surface area contributed by atoms with Crippen LogP contribution in [-0.4, -0.2) is 31.6 Å². The van der Waals surface area contributed by atoms with Gasteiger partial charge in [0.25, 0.3) is 11.8 Å². The molecule has 2 rings (SSSR count). The van der Waals surface area contributed by atoms with Gasteiger partial charge in [-0.3, -0.25) is 20.4 Å². The summed E-state index contributed by atoms with van der Waals surface area (Å²) in [7, 11) is 1.50. The highest BCUT2D eigenvalue weighted by molar-refractivity contribution is 5.96. The van der Waals surface area contributed by atoms with E-state index >= 15 is 0 Å². The summed E-state index contributed by atoms with van der Waals surface area (Å²) in [6.07, 6.45) is -0.0234. The molecule has 150 valence electrons. The van der Waals surface area contributed by atoms with Crippen molar-refractivity contribution >= 4 is 11.8 Å². The summed E-state index contributed by atoms with van der Waals surface area (Å²) in [5, 5.41) is 0. The van der Waals surface area contributed by atoms with Crippen molar-refractivity contribution in [1.82, 2.24) is 10.9 Å². The summed E-state index contributed by atoms with van der Waals surface area (Å²) in [6.45, 7) is 7.40. The van der Waals surface area contributed by atoms with E-state index in [1.165, 1.54) is 7.11 Å². The highest BCUT2D eigenvalue weighted by Gasteiger charge is 2.13. The third-order valence-corrected chi connectivity index (χ3v) is 3.86. The molecule has 0 spiro atoms. The maximum absolute atomic E-state index is 12.3. The lowest BCUT2D eigenvalue weighted by Crippen LogP contribution is -2.43. The second-order valence-corrected chi connectivity index (χ2v) is 6.54. The van der Waals surface area contributed by atoms with Crippen LogP contribution in [0, 0.1) is 13.8 Å². The fourth-order valence-corrected chi connectivity index (χ4v) is 2.56. The van der Waals surface area contributed by atoms with E-state index in [0.717, 1.165) is 11.1 Å². The zero-order valence-electron chi connectivity index (χ0n) is 16.8. The van der Waals surface area contributed by atoms with E-state index < -0.39 is 11.8 Å². The van der Waals surface area contributed by atoms with Gasteiger partial charge in [-0.1, -0.05) is 18.2 Å². The zero-order chi connectivity index (χ0) is 20.7. The maximum atomic E-state index is 12.3. The molecular formula is C21H26N2O5. The number of methoxy groups -OCH3 is 1. The SMILES string of the molecule is COc1cc(C(=O)NNC(=O)COc2c(C)cccc2C)ccc1OC(C)C. The Balaban J connectivity index is 1.91. The normalized spacial score (nSPS) is 10.4. The molecule has 0 bridgehead atoms. The van der Waals surface area contributed by atoms with Crippen molar-refractivity contribution in [1.29, 1.82) is 0 Å². The van der Waals surface area contributed by atoms with Crippen molar-refractivity contribution in [3.8, 4) is 17.2 Å². The number of amides is 2.